The van der Waals surface area contributed by atoms with Crippen LogP contribution >= 0.6 is 0 Å². The van der Waals surface area contributed by atoms with Gasteiger partial charge in [0.1, 0.15) is 6.29 Å². The van der Waals surface area contributed by atoms with E-state index in [-0.39, 0.29) is 0 Å². The summed E-state index contributed by atoms with van der Waals surface area (Å²) >= 11 is 0. The number of hydrogen-bond acceptors (Lipinski definition) is 2. The number of nitrogens with zero attached hydrogens (tertiary/aromatic N) is 2. The predicted octanol–water partition coefficient (Wildman–Crippen LogP) is 1.20. The van der Waals surface area contributed by atoms with Crippen molar-refractivity contribution in [3.8, 4) is 0 Å². The number of aromatic nitrogens is 2. The SMILES string of the molecule is C=Cn1cc(/C=C/C=O)cn1. The van der Waals surface area contributed by atoms with Gasteiger partial charge in [-0.1, -0.05) is 6.58 Å². The summed E-state index contributed by atoms with van der Waals surface area (Å²) in [7, 11) is 0. The van der Waals surface area contributed by atoms with E-state index in [0.717, 1.165) is 11.8 Å². The van der Waals surface area contributed by atoms with E-state index in [4.69, 9.17) is 0 Å². The minimum absolute atomic E-state index is 0.727. The van der Waals surface area contributed by atoms with Gasteiger partial charge in [-0.05, 0) is 12.2 Å². The molecule has 3 heteroatoms. The second-order valence-electron chi connectivity index (χ2n) is 1.93. The van der Waals surface area contributed by atoms with Crippen LogP contribution in [-0.4, -0.2) is 16.1 Å². The Kier molecular flexibility index (Phi) is 2.38. The Balaban J connectivity index is 2.80. The molecular weight excluding hydrogens is 140 g/mol. The van der Waals surface area contributed by atoms with Crippen LogP contribution in [0, 0.1) is 0 Å². The first kappa shape index (κ1) is 7.47. The van der Waals surface area contributed by atoms with E-state index in [1.165, 1.54) is 6.08 Å². The summed E-state index contributed by atoms with van der Waals surface area (Å²) < 4.78 is 1.57. The second-order valence-corrected chi connectivity index (χ2v) is 1.93. The lowest BCUT2D eigenvalue weighted by molar-refractivity contribution is -0.104. The summed E-state index contributed by atoms with van der Waals surface area (Å²) in [4.78, 5) is 9.92. The Hall–Kier alpha value is -1.64. The molecule has 0 aliphatic rings. The highest BCUT2D eigenvalue weighted by Crippen LogP contribution is 1.99. The molecule has 0 amide bonds. The van der Waals surface area contributed by atoms with E-state index in [2.05, 4.69) is 11.7 Å². The molecule has 0 radical (unpaired) electrons. The zero-order valence-electron chi connectivity index (χ0n) is 5.97. The van der Waals surface area contributed by atoms with Crippen molar-refractivity contribution in [2.24, 2.45) is 0 Å². The molecule has 1 heterocycles. The standard InChI is InChI=1S/C8H8N2O/c1-2-10-7-8(6-9-10)4-3-5-11/h2-7H,1H2/b4-3+. The summed E-state index contributed by atoms with van der Waals surface area (Å²) in [5.41, 5.74) is 0.886. The number of carbonyl (C=O) groups excluding carboxylic acids is 1. The van der Waals surface area contributed by atoms with Crippen molar-refractivity contribution >= 4 is 18.6 Å². The lowest BCUT2D eigenvalue weighted by Crippen LogP contribution is -1.81. The molecule has 56 valence electrons. The van der Waals surface area contributed by atoms with Crippen molar-refractivity contribution < 1.29 is 4.79 Å². The third kappa shape index (κ3) is 1.89. The Morgan fingerprint density at radius 1 is 1.64 bits per heavy atom. The van der Waals surface area contributed by atoms with Crippen LogP contribution in [0.5, 0.6) is 0 Å². The monoisotopic (exact) mass is 148 g/mol. The first-order valence-corrected chi connectivity index (χ1v) is 3.15. The molecule has 11 heavy (non-hydrogen) atoms. The molecule has 0 saturated heterocycles. The molecule has 0 aromatic carbocycles. The van der Waals surface area contributed by atoms with Crippen molar-refractivity contribution in [1.29, 1.82) is 0 Å². The van der Waals surface area contributed by atoms with Gasteiger partial charge in [0.15, 0.2) is 0 Å². The highest BCUT2D eigenvalue weighted by atomic mass is 16.1. The average Bonchev–Trinajstić information content (AvgIpc) is 2.48. The quantitative estimate of drug-likeness (QED) is 0.476. The molecule has 0 aliphatic heterocycles. The van der Waals surface area contributed by atoms with Gasteiger partial charge in [-0.25, -0.2) is 4.68 Å². The Morgan fingerprint density at radius 2 is 2.45 bits per heavy atom. The maximum atomic E-state index is 9.92. The van der Waals surface area contributed by atoms with Gasteiger partial charge in [-0.15, -0.1) is 0 Å². The molecule has 0 aliphatic carbocycles. The van der Waals surface area contributed by atoms with E-state index in [1.807, 2.05) is 0 Å². The molecule has 1 aromatic heterocycles. The van der Waals surface area contributed by atoms with E-state index < -0.39 is 0 Å². The minimum Gasteiger partial charge on any atom is -0.299 e. The highest BCUT2D eigenvalue weighted by Gasteiger charge is 1.88. The van der Waals surface area contributed by atoms with Gasteiger partial charge in [0, 0.05) is 18.0 Å². The molecule has 1 rings (SSSR count). The topological polar surface area (TPSA) is 34.9 Å². The summed E-state index contributed by atoms with van der Waals surface area (Å²) in [6, 6.07) is 0. The van der Waals surface area contributed by atoms with Crippen molar-refractivity contribution in [2.75, 3.05) is 0 Å². The maximum absolute atomic E-state index is 9.92. The third-order valence-corrected chi connectivity index (χ3v) is 1.18. The molecule has 0 N–H and O–H groups in total. The van der Waals surface area contributed by atoms with Gasteiger partial charge in [0.2, 0.25) is 0 Å². The van der Waals surface area contributed by atoms with Crippen molar-refractivity contribution in [2.45, 2.75) is 0 Å². The van der Waals surface area contributed by atoms with Crippen LogP contribution < -0.4 is 0 Å². The van der Waals surface area contributed by atoms with Crippen LogP contribution in [0.3, 0.4) is 0 Å². The van der Waals surface area contributed by atoms with E-state index in [0.29, 0.717) is 0 Å². The normalized spacial score (nSPS) is 10.2. The fourth-order valence-corrected chi connectivity index (χ4v) is 0.689. The fraction of sp³-hybridized carbons (Fsp3) is 0. The number of aldehydes is 1. The van der Waals surface area contributed by atoms with E-state index in [9.17, 15) is 4.79 Å². The maximum Gasteiger partial charge on any atom is 0.142 e. The lowest BCUT2D eigenvalue weighted by atomic mass is 10.3. The average molecular weight is 148 g/mol. The van der Waals surface area contributed by atoms with Crippen LogP contribution in [0.4, 0.5) is 0 Å². The first-order valence-electron chi connectivity index (χ1n) is 3.15. The molecule has 0 fully saturated rings. The zero-order chi connectivity index (χ0) is 8.10. The number of hydrogen-bond donors (Lipinski definition) is 0. The van der Waals surface area contributed by atoms with Gasteiger partial charge in [-0.3, -0.25) is 4.79 Å². The van der Waals surface area contributed by atoms with Crippen molar-refractivity contribution in [1.82, 2.24) is 9.78 Å². The molecular formula is C8H8N2O. The molecule has 0 spiro atoms. The Labute approximate surface area is 64.6 Å². The van der Waals surface area contributed by atoms with Gasteiger partial charge in [0.05, 0.1) is 6.20 Å². The van der Waals surface area contributed by atoms with E-state index in [1.54, 1.807) is 29.4 Å². The van der Waals surface area contributed by atoms with Crippen LogP contribution in [0.25, 0.3) is 12.3 Å². The summed E-state index contributed by atoms with van der Waals surface area (Å²) in [6.45, 7) is 3.53. The van der Waals surface area contributed by atoms with Gasteiger partial charge in [0.25, 0.3) is 0 Å². The van der Waals surface area contributed by atoms with E-state index >= 15 is 0 Å². The number of carbonyl (C=O) groups is 1. The van der Waals surface area contributed by atoms with Crippen molar-refractivity contribution in [3.63, 3.8) is 0 Å². The van der Waals surface area contributed by atoms with Crippen molar-refractivity contribution in [3.05, 3.63) is 30.6 Å². The Morgan fingerprint density at radius 3 is 3.00 bits per heavy atom. The van der Waals surface area contributed by atoms with Gasteiger partial charge >= 0.3 is 0 Å². The molecule has 1 aromatic rings. The molecule has 3 nitrogen and oxygen atoms in total. The molecule has 0 saturated carbocycles. The van der Waals surface area contributed by atoms with Gasteiger partial charge < -0.3 is 0 Å². The van der Waals surface area contributed by atoms with Crippen LogP contribution in [0.1, 0.15) is 5.56 Å². The van der Waals surface area contributed by atoms with Crippen LogP contribution in [-0.2, 0) is 4.79 Å². The summed E-state index contributed by atoms with van der Waals surface area (Å²) in [5.74, 6) is 0. The highest BCUT2D eigenvalue weighted by molar-refractivity contribution is 5.73. The lowest BCUT2D eigenvalue weighted by Gasteiger charge is -1.82. The zero-order valence-corrected chi connectivity index (χ0v) is 5.97. The smallest absolute Gasteiger partial charge is 0.142 e. The molecule has 0 atom stereocenters. The second kappa shape index (κ2) is 3.51. The number of rotatable bonds is 3. The summed E-state index contributed by atoms with van der Waals surface area (Å²) in [5, 5.41) is 3.92. The largest absolute Gasteiger partial charge is 0.299 e. The van der Waals surface area contributed by atoms with Gasteiger partial charge in [-0.2, -0.15) is 5.10 Å². The first-order chi connectivity index (χ1) is 5.36. The summed E-state index contributed by atoms with van der Waals surface area (Å²) in [6.07, 6.45) is 8.84. The molecule has 0 bridgehead atoms. The third-order valence-electron chi connectivity index (χ3n) is 1.18. The molecule has 0 unspecified atom stereocenters. The fourth-order valence-electron chi connectivity index (χ4n) is 0.689. The van der Waals surface area contributed by atoms with Crippen LogP contribution in [0.2, 0.25) is 0 Å². The Bertz CT molecular complexity index is 286. The minimum atomic E-state index is 0.727. The predicted molar refractivity (Wildman–Crippen MR) is 43.7 cm³/mol. The number of allylic oxidation sites excluding steroid dienone is 1. The van der Waals surface area contributed by atoms with Crippen LogP contribution in [0.15, 0.2) is 25.0 Å².